The zero-order valence-electron chi connectivity index (χ0n) is 21.3. The highest BCUT2D eigenvalue weighted by molar-refractivity contribution is 7.92. The largest absolute Gasteiger partial charge is 0.416 e. The molecule has 0 aromatic heterocycles. The number of carbonyl (C=O) groups excluding carboxylic acids is 2. The van der Waals surface area contributed by atoms with Crippen LogP contribution in [0.1, 0.15) is 28.4 Å². The Bertz CT molecular complexity index is 1520. The molecule has 1 fully saturated rings. The van der Waals surface area contributed by atoms with Gasteiger partial charge in [-0.3, -0.25) is 14.3 Å². The van der Waals surface area contributed by atoms with E-state index in [1.165, 1.54) is 36.1 Å². The van der Waals surface area contributed by atoms with Crippen molar-refractivity contribution in [3.63, 3.8) is 0 Å². The Morgan fingerprint density at radius 2 is 1.60 bits per heavy atom. The van der Waals surface area contributed by atoms with Gasteiger partial charge in [0.25, 0.3) is 15.9 Å². The van der Waals surface area contributed by atoms with Crippen LogP contribution in [0.15, 0.2) is 71.6 Å². The molecule has 1 aliphatic rings. The Balaban J connectivity index is 1.66. The van der Waals surface area contributed by atoms with Gasteiger partial charge in [0.05, 0.1) is 11.3 Å². The fraction of sp³-hybridized carbons (Fsp3) is 0.259. The molecule has 0 radical (unpaired) electrons. The fourth-order valence-electron chi connectivity index (χ4n) is 4.23. The van der Waals surface area contributed by atoms with Crippen LogP contribution in [0.2, 0.25) is 5.02 Å². The molecule has 1 saturated heterocycles. The van der Waals surface area contributed by atoms with Gasteiger partial charge in [-0.2, -0.15) is 13.2 Å². The number of amides is 2. The number of halogens is 4. The zero-order chi connectivity index (χ0) is 29.1. The first-order chi connectivity index (χ1) is 18.8. The van der Waals surface area contributed by atoms with Gasteiger partial charge in [-0.15, -0.1) is 0 Å². The first-order valence-electron chi connectivity index (χ1n) is 12.2. The summed E-state index contributed by atoms with van der Waals surface area (Å²) in [7, 11) is -4.46. The summed E-state index contributed by atoms with van der Waals surface area (Å²) in [5, 5.41) is 3.47. The molecule has 1 aliphatic heterocycles. The van der Waals surface area contributed by atoms with E-state index in [0.717, 1.165) is 12.1 Å². The quantitative estimate of drug-likeness (QED) is 0.398. The summed E-state index contributed by atoms with van der Waals surface area (Å²) in [5.41, 5.74) is -0.425. The van der Waals surface area contributed by atoms with Crippen LogP contribution in [-0.2, 0) is 27.5 Å². The van der Waals surface area contributed by atoms with Gasteiger partial charge in [-0.1, -0.05) is 35.9 Å². The molecule has 40 heavy (non-hydrogen) atoms. The maximum atomic E-state index is 13.5. The summed E-state index contributed by atoms with van der Waals surface area (Å²) < 4.78 is 68.8. The molecule has 0 saturated carbocycles. The number of sulfonamides is 1. The number of hydrogen-bond acceptors (Lipinski definition) is 5. The molecule has 2 N–H and O–H groups in total. The van der Waals surface area contributed by atoms with Crippen LogP contribution in [0.5, 0.6) is 0 Å². The van der Waals surface area contributed by atoms with E-state index in [9.17, 15) is 31.2 Å². The molecule has 0 bridgehead atoms. The lowest BCUT2D eigenvalue weighted by atomic mass is 10.1. The summed E-state index contributed by atoms with van der Waals surface area (Å²) in [6.07, 6.45) is -4.66. The van der Waals surface area contributed by atoms with Crippen molar-refractivity contribution in [3.05, 3.63) is 88.4 Å². The number of nitrogens with one attached hydrogen (secondary N) is 2. The van der Waals surface area contributed by atoms with Crippen LogP contribution in [-0.4, -0.2) is 56.2 Å². The predicted molar refractivity (Wildman–Crippen MR) is 146 cm³/mol. The zero-order valence-corrected chi connectivity index (χ0v) is 22.9. The molecule has 3 aromatic carbocycles. The molecule has 4 rings (SSSR count). The Kier molecular flexibility index (Phi) is 8.59. The lowest BCUT2D eigenvalue weighted by Gasteiger charge is -2.34. The van der Waals surface area contributed by atoms with Crippen molar-refractivity contribution in [2.45, 2.75) is 24.5 Å². The van der Waals surface area contributed by atoms with Gasteiger partial charge in [0, 0.05) is 55.9 Å². The van der Waals surface area contributed by atoms with Crippen molar-refractivity contribution in [1.82, 2.24) is 9.80 Å². The topological polar surface area (TPSA) is 98.8 Å². The van der Waals surface area contributed by atoms with Gasteiger partial charge in [-0.25, -0.2) is 8.42 Å². The fourth-order valence-corrected chi connectivity index (χ4v) is 5.69. The maximum absolute atomic E-state index is 13.5. The van der Waals surface area contributed by atoms with E-state index in [2.05, 4.69) is 10.0 Å². The average molecular weight is 595 g/mol. The molecule has 3 aromatic rings. The standard InChI is InChI=1S/C27H26ClF3N4O4S/c1-18(36)34-11-13-35(14-12-34)26(37)19-9-10-24(32-17-20-5-2-3-8-23(20)28)25(15-19)40(38,39)33-22-7-4-6-21(16-22)27(29,30)31/h2-10,15-16,32-33H,11-14,17H2,1H3. The molecule has 13 heteroatoms. The van der Waals surface area contributed by atoms with E-state index in [1.54, 1.807) is 29.2 Å². The second kappa shape index (κ2) is 11.8. The van der Waals surface area contributed by atoms with Crippen molar-refractivity contribution in [1.29, 1.82) is 0 Å². The number of hydrogen-bond donors (Lipinski definition) is 2. The SMILES string of the molecule is CC(=O)N1CCN(C(=O)c2ccc(NCc3ccccc3Cl)c(S(=O)(=O)Nc3cccc(C(F)(F)F)c3)c2)CC1. The number of alkyl halides is 3. The molecule has 1 heterocycles. The third-order valence-corrected chi connectivity index (χ3v) is 8.19. The summed E-state index contributed by atoms with van der Waals surface area (Å²) in [4.78, 5) is 27.7. The predicted octanol–water partition coefficient (Wildman–Crippen LogP) is 5.08. The van der Waals surface area contributed by atoms with Crippen LogP contribution in [0.25, 0.3) is 0 Å². The third-order valence-electron chi connectivity index (χ3n) is 6.40. The van der Waals surface area contributed by atoms with E-state index in [4.69, 9.17) is 11.6 Å². The average Bonchev–Trinajstić information content (AvgIpc) is 2.91. The van der Waals surface area contributed by atoms with Crippen LogP contribution in [0.3, 0.4) is 0 Å². The van der Waals surface area contributed by atoms with Gasteiger partial charge in [0.2, 0.25) is 5.91 Å². The first-order valence-corrected chi connectivity index (χ1v) is 14.1. The van der Waals surface area contributed by atoms with Crippen molar-refractivity contribution in [2.24, 2.45) is 0 Å². The van der Waals surface area contributed by atoms with Gasteiger partial charge < -0.3 is 15.1 Å². The van der Waals surface area contributed by atoms with Crippen LogP contribution < -0.4 is 10.0 Å². The second-order valence-corrected chi connectivity index (χ2v) is 11.2. The Labute approximate surface area is 234 Å². The molecule has 0 aliphatic carbocycles. The van der Waals surface area contributed by atoms with Gasteiger partial charge in [-0.05, 0) is 48.0 Å². The smallest absolute Gasteiger partial charge is 0.380 e. The lowest BCUT2D eigenvalue weighted by Crippen LogP contribution is -2.50. The number of piperazine rings is 1. The number of carbonyl (C=O) groups is 2. The Hall–Kier alpha value is -3.77. The minimum atomic E-state index is -4.66. The second-order valence-electron chi connectivity index (χ2n) is 9.14. The molecule has 212 valence electrons. The molecule has 0 spiro atoms. The highest BCUT2D eigenvalue weighted by Gasteiger charge is 2.31. The summed E-state index contributed by atoms with van der Waals surface area (Å²) in [5.74, 6) is -0.536. The lowest BCUT2D eigenvalue weighted by molar-refractivity contribution is -0.137. The number of anilines is 2. The van der Waals surface area contributed by atoms with Crippen LogP contribution >= 0.6 is 11.6 Å². The highest BCUT2D eigenvalue weighted by Crippen LogP contribution is 2.32. The van der Waals surface area contributed by atoms with E-state index >= 15 is 0 Å². The van der Waals surface area contributed by atoms with E-state index in [-0.39, 0.29) is 47.4 Å². The number of nitrogens with zero attached hydrogens (tertiary/aromatic N) is 2. The van der Waals surface area contributed by atoms with Crippen LogP contribution in [0, 0.1) is 0 Å². The van der Waals surface area contributed by atoms with Gasteiger partial charge in [0.1, 0.15) is 4.90 Å². The molecular formula is C27H26ClF3N4O4S. The van der Waals surface area contributed by atoms with E-state index in [1.807, 2.05) is 0 Å². The van der Waals surface area contributed by atoms with Gasteiger partial charge >= 0.3 is 6.18 Å². The number of rotatable bonds is 7. The van der Waals surface area contributed by atoms with Crippen molar-refractivity contribution < 1.29 is 31.2 Å². The van der Waals surface area contributed by atoms with Crippen molar-refractivity contribution >= 4 is 44.8 Å². The monoisotopic (exact) mass is 594 g/mol. The summed E-state index contributed by atoms with van der Waals surface area (Å²) in [6.45, 7) is 2.83. The van der Waals surface area contributed by atoms with Crippen molar-refractivity contribution in [3.8, 4) is 0 Å². The van der Waals surface area contributed by atoms with Gasteiger partial charge in [0.15, 0.2) is 0 Å². The Morgan fingerprint density at radius 1 is 0.925 bits per heavy atom. The first kappa shape index (κ1) is 29.2. The van der Waals surface area contributed by atoms with Crippen LogP contribution in [0.4, 0.5) is 24.5 Å². The number of benzene rings is 3. The maximum Gasteiger partial charge on any atom is 0.416 e. The minimum absolute atomic E-state index is 0.0731. The Morgan fingerprint density at radius 3 is 2.25 bits per heavy atom. The minimum Gasteiger partial charge on any atom is -0.380 e. The molecule has 0 unspecified atom stereocenters. The molecule has 0 atom stereocenters. The summed E-state index contributed by atoms with van der Waals surface area (Å²) in [6, 6.07) is 14.9. The van der Waals surface area contributed by atoms with E-state index in [0.29, 0.717) is 29.7 Å². The molecule has 8 nitrogen and oxygen atoms in total. The normalized spacial score (nSPS) is 14.1. The molecular weight excluding hydrogens is 569 g/mol. The highest BCUT2D eigenvalue weighted by atomic mass is 35.5. The van der Waals surface area contributed by atoms with Crippen molar-refractivity contribution in [2.75, 3.05) is 36.2 Å². The third kappa shape index (κ3) is 6.86. The van der Waals surface area contributed by atoms with E-state index < -0.39 is 27.7 Å². The summed E-state index contributed by atoms with van der Waals surface area (Å²) >= 11 is 6.22. The molecule has 2 amide bonds.